The number of aryl methyl sites for hydroxylation is 3. The van der Waals surface area contributed by atoms with Gasteiger partial charge in [0.05, 0.1) is 12.2 Å². The van der Waals surface area contributed by atoms with Gasteiger partial charge < -0.3 is 14.7 Å². The van der Waals surface area contributed by atoms with Crippen LogP contribution in [-0.2, 0) is 6.61 Å². The lowest BCUT2D eigenvalue weighted by Gasteiger charge is -2.26. The summed E-state index contributed by atoms with van der Waals surface area (Å²) in [5.41, 5.74) is 4.45. The Labute approximate surface area is 155 Å². The maximum atomic E-state index is 10.00. The molecule has 1 aromatic carbocycles. The van der Waals surface area contributed by atoms with E-state index in [4.69, 9.17) is 16.3 Å². The van der Waals surface area contributed by atoms with E-state index in [-0.39, 0.29) is 6.61 Å². The molecule has 0 aliphatic heterocycles. The largest absolute Gasteiger partial charge is 0.438 e. The average Bonchev–Trinajstić information content (AvgIpc) is 2.55. The Balaban J connectivity index is 2.53. The standard InChI is InChI=1S/C20H27ClN2O2/c1-6-8-23(7-2)18-11-15(5)22-20(17(18)12-24)25-19-13(3)9-16(21)10-14(19)4/h9-11,24H,6-8,12H2,1-5H3. The lowest BCUT2D eigenvalue weighted by atomic mass is 10.1. The van der Waals surface area contributed by atoms with E-state index in [1.54, 1.807) is 0 Å². The molecule has 25 heavy (non-hydrogen) atoms. The summed E-state index contributed by atoms with van der Waals surface area (Å²) in [4.78, 5) is 6.78. The predicted molar refractivity (Wildman–Crippen MR) is 104 cm³/mol. The summed E-state index contributed by atoms with van der Waals surface area (Å²) in [6.45, 7) is 11.8. The highest BCUT2D eigenvalue weighted by atomic mass is 35.5. The Hall–Kier alpha value is -1.78. The van der Waals surface area contributed by atoms with Crippen molar-refractivity contribution in [1.29, 1.82) is 0 Å². The van der Waals surface area contributed by atoms with Gasteiger partial charge in [-0.15, -0.1) is 0 Å². The number of nitrogens with zero attached hydrogens (tertiary/aromatic N) is 2. The van der Waals surface area contributed by atoms with Crippen LogP contribution in [0.5, 0.6) is 11.6 Å². The first kappa shape index (κ1) is 19.5. The average molecular weight is 363 g/mol. The SMILES string of the molecule is CCCN(CC)c1cc(C)nc(Oc2c(C)cc(Cl)cc2C)c1CO. The second-order valence-corrected chi connectivity index (χ2v) is 6.71. The summed E-state index contributed by atoms with van der Waals surface area (Å²) in [6.07, 6.45) is 1.03. The third-order valence-corrected chi connectivity index (χ3v) is 4.41. The molecule has 0 saturated carbocycles. The first-order chi connectivity index (χ1) is 11.9. The molecule has 4 nitrogen and oxygen atoms in total. The van der Waals surface area contributed by atoms with Crippen molar-refractivity contribution in [2.45, 2.75) is 47.6 Å². The third-order valence-electron chi connectivity index (χ3n) is 4.19. The second-order valence-electron chi connectivity index (χ2n) is 6.28. The molecule has 0 bridgehead atoms. The van der Waals surface area contributed by atoms with E-state index in [1.807, 2.05) is 39.0 Å². The fourth-order valence-electron chi connectivity index (χ4n) is 3.04. The van der Waals surface area contributed by atoms with Crippen LogP contribution >= 0.6 is 11.6 Å². The summed E-state index contributed by atoms with van der Waals surface area (Å²) in [6, 6.07) is 5.75. The Morgan fingerprint density at radius 1 is 1.12 bits per heavy atom. The van der Waals surface area contributed by atoms with Crippen molar-refractivity contribution in [3.63, 3.8) is 0 Å². The number of pyridine rings is 1. The predicted octanol–water partition coefficient (Wildman–Crippen LogP) is 5.18. The molecule has 1 N–H and O–H groups in total. The van der Waals surface area contributed by atoms with Crippen LogP contribution < -0.4 is 9.64 Å². The number of halogens is 1. The summed E-state index contributed by atoms with van der Waals surface area (Å²) in [5.74, 6) is 1.20. The molecule has 0 saturated heterocycles. The van der Waals surface area contributed by atoms with Crippen LogP contribution in [-0.4, -0.2) is 23.2 Å². The van der Waals surface area contributed by atoms with Crippen molar-refractivity contribution in [2.75, 3.05) is 18.0 Å². The number of benzene rings is 1. The van der Waals surface area contributed by atoms with E-state index in [1.165, 1.54) is 0 Å². The Morgan fingerprint density at radius 3 is 2.28 bits per heavy atom. The van der Waals surface area contributed by atoms with Gasteiger partial charge in [0.2, 0.25) is 5.88 Å². The smallest absolute Gasteiger partial charge is 0.227 e. The van der Waals surface area contributed by atoms with E-state index in [0.717, 1.165) is 53.3 Å². The number of aromatic nitrogens is 1. The Morgan fingerprint density at radius 2 is 1.76 bits per heavy atom. The van der Waals surface area contributed by atoms with Gasteiger partial charge in [-0.25, -0.2) is 4.98 Å². The molecule has 0 fully saturated rings. The van der Waals surface area contributed by atoms with Crippen molar-refractivity contribution >= 4 is 17.3 Å². The molecule has 0 amide bonds. The maximum Gasteiger partial charge on any atom is 0.227 e. The lowest BCUT2D eigenvalue weighted by molar-refractivity contribution is 0.275. The number of aliphatic hydroxyl groups excluding tert-OH is 1. The monoisotopic (exact) mass is 362 g/mol. The minimum Gasteiger partial charge on any atom is -0.438 e. The fourth-order valence-corrected chi connectivity index (χ4v) is 3.37. The summed E-state index contributed by atoms with van der Waals surface area (Å²) in [7, 11) is 0. The van der Waals surface area contributed by atoms with Crippen molar-refractivity contribution in [1.82, 2.24) is 4.98 Å². The van der Waals surface area contributed by atoms with Crippen LogP contribution in [0.4, 0.5) is 5.69 Å². The molecular weight excluding hydrogens is 336 g/mol. The number of rotatable bonds is 7. The van der Waals surface area contributed by atoms with E-state index < -0.39 is 0 Å². The van der Waals surface area contributed by atoms with Crippen LogP contribution in [0.15, 0.2) is 18.2 Å². The number of hydrogen-bond donors (Lipinski definition) is 1. The van der Waals surface area contributed by atoms with Gasteiger partial charge in [0.25, 0.3) is 0 Å². The van der Waals surface area contributed by atoms with Gasteiger partial charge in [-0.1, -0.05) is 18.5 Å². The summed E-state index contributed by atoms with van der Waals surface area (Å²) < 4.78 is 6.15. The van der Waals surface area contributed by atoms with Crippen molar-refractivity contribution in [3.05, 3.63) is 45.6 Å². The number of anilines is 1. The van der Waals surface area contributed by atoms with Gasteiger partial charge in [0, 0.05) is 29.5 Å². The van der Waals surface area contributed by atoms with Crippen LogP contribution in [0.2, 0.25) is 5.02 Å². The van der Waals surface area contributed by atoms with Crippen molar-refractivity contribution in [3.8, 4) is 11.6 Å². The highest BCUT2D eigenvalue weighted by molar-refractivity contribution is 6.30. The molecule has 5 heteroatoms. The second kappa shape index (κ2) is 8.54. The van der Waals surface area contributed by atoms with Gasteiger partial charge in [-0.05, 0) is 63.4 Å². The highest BCUT2D eigenvalue weighted by Crippen LogP contribution is 2.35. The zero-order chi connectivity index (χ0) is 18.6. The van der Waals surface area contributed by atoms with E-state index in [2.05, 4.69) is 23.7 Å². The first-order valence-electron chi connectivity index (χ1n) is 8.72. The molecule has 0 aliphatic rings. The fraction of sp³-hybridized carbons (Fsp3) is 0.450. The van der Waals surface area contributed by atoms with Gasteiger partial charge in [0.15, 0.2) is 0 Å². The molecule has 0 spiro atoms. The molecular formula is C20H27ClN2O2. The Kier molecular flexibility index (Phi) is 6.68. The molecule has 0 unspecified atom stereocenters. The summed E-state index contributed by atoms with van der Waals surface area (Å²) in [5, 5.41) is 10.7. The molecule has 0 aliphatic carbocycles. The molecule has 2 aromatic rings. The van der Waals surface area contributed by atoms with Crippen LogP contribution in [0.1, 0.15) is 42.7 Å². The summed E-state index contributed by atoms with van der Waals surface area (Å²) >= 11 is 6.11. The molecule has 0 radical (unpaired) electrons. The molecule has 1 heterocycles. The van der Waals surface area contributed by atoms with Gasteiger partial charge in [-0.2, -0.15) is 0 Å². The normalized spacial score (nSPS) is 10.8. The zero-order valence-electron chi connectivity index (χ0n) is 15.7. The van der Waals surface area contributed by atoms with Crippen molar-refractivity contribution < 1.29 is 9.84 Å². The Bertz CT molecular complexity index is 724. The third kappa shape index (κ3) is 4.44. The number of aliphatic hydroxyl groups is 1. The quantitative estimate of drug-likeness (QED) is 0.737. The number of hydrogen-bond acceptors (Lipinski definition) is 4. The van der Waals surface area contributed by atoms with E-state index >= 15 is 0 Å². The van der Waals surface area contributed by atoms with Gasteiger partial charge in [-0.3, -0.25) is 0 Å². The van der Waals surface area contributed by atoms with Gasteiger partial charge in [0.1, 0.15) is 5.75 Å². The first-order valence-corrected chi connectivity index (χ1v) is 9.09. The molecule has 0 atom stereocenters. The molecule has 136 valence electrons. The van der Waals surface area contributed by atoms with E-state index in [9.17, 15) is 5.11 Å². The van der Waals surface area contributed by atoms with Crippen LogP contribution in [0.25, 0.3) is 0 Å². The van der Waals surface area contributed by atoms with Crippen LogP contribution in [0.3, 0.4) is 0 Å². The maximum absolute atomic E-state index is 10.00. The van der Waals surface area contributed by atoms with E-state index in [0.29, 0.717) is 10.9 Å². The van der Waals surface area contributed by atoms with Gasteiger partial charge >= 0.3 is 0 Å². The zero-order valence-corrected chi connectivity index (χ0v) is 16.4. The van der Waals surface area contributed by atoms with Crippen molar-refractivity contribution in [2.24, 2.45) is 0 Å². The molecule has 1 aromatic heterocycles. The topological polar surface area (TPSA) is 45.6 Å². The molecule has 2 rings (SSSR count). The lowest BCUT2D eigenvalue weighted by Crippen LogP contribution is -2.25. The number of ether oxygens (including phenoxy) is 1. The minimum atomic E-state index is -0.121. The minimum absolute atomic E-state index is 0.121. The van der Waals surface area contributed by atoms with Crippen LogP contribution in [0, 0.1) is 20.8 Å². The highest BCUT2D eigenvalue weighted by Gasteiger charge is 2.18.